The molecule has 0 saturated heterocycles. The number of esters is 1. The van der Waals surface area contributed by atoms with E-state index in [-0.39, 0.29) is 24.8 Å². The average Bonchev–Trinajstić information content (AvgIpc) is 2.73. The number of hydrogen-bond donors (Lipinski definition) is 0. The molecule has 0 aliphatic carbocycles. The molecule has 3 aromatic rings. The van der Waals surface area contributed by atoms with E-state index >= 15 is 0 Å². The summed E-state index contributed by atoms with van der Waals surface area (Å²) in [5, 5.41) is 0.647. The van der Waals surface area contributed by atoms with Gasteiger partial charge in [-0.25, -0.2) is 4.79 Å². The third-order valence-electron chi connectivity index (χ3n) is 4.52. The molecule has 0 unspecified atom stereocenters. The molecule has 29 heavy (non-hydrogen) atoms. The van der Waals surface area contributed by atoms with E-state index in [2.05, 4.69) is 0 Å². The Morgan fingerprint density at radius 2 is 2.00 bits per heavy atom. The van der Waals surface area contributed by atoms with Crippen LogP contribution in [0.5, 0.6) is 5.75 Å². The van der Waals surface area contributed by atoms with Gasteiger partial charge < -0.3 is 13.9 Å². The molecule has 0 N–H and O–H groups in total. The van der Waals surface area contributed by atoms with Crippen LogP contribution >= 0.6 is 11.8 Å². The normalized spacial score (nSPS) is 13.3. The summed E-state index contributed by atoms with van der Waals surface area (Å²) in [4.78, 5) is 38.9. The Morgan fingerprint density at radius 1 is 1.17 bits per heavy atom. The van der Waals surface area contributed by atoms with E-state index in [1.54, 1.807) is 24.3 Å². The number of methoxy groups -OCH3 is 1. The van der Waals surface area contributed by atoms with E-state index < -0.39 is 11.6 Å². The van der Waals surface area contributed by atoms with Gasteiger partial charge in [0.2, 0.25) is 5.91 Å². The van der Waals surface area contributed by atoms with Crippen molar-refractivity contribution in [1.82, 2.24) is 0 Å². The second-order valence-corrected chi connectivity index (χ2v) is 7.37. The van der Waals surface area contributed by atoms with E-state index in [1.807, 2.05) is 18.2 Å². The second kappa shape index (κ2) is 8.00. The highest BCUT2D eigenvalue weighted by Gasteiger charge is 2.26. The summed E-state index contributed by atoms with van der Waals surface area (Å²) in [7, 11) is 1.52. The molecule has 0 saturated carbocycles. The van der Waals surface area contributed by atoms with Crippen LogP contribution in [0.3, 0.4) is 0 Å². The predicted molar refractivity (Wildman–Crippen MR) is 108 cm³/mol. The zero-order chi connectivity index (χ0) is 20.4. The van der Waals surface area contributed by atoms with Gasteiger partial charge in [-0.05, 0) is 24.3 Å². The number of rotatable bonds is 5. The molecule has 0 radical (unpaired) electrons. The second-order valence-electron chi connectivity index (χ2n) is 6.35. The third-order valence-corrected chi connectivity index (χ3v) is 5.57. The zero-order valence-electron chi connectivity index (χ0n) is 15.5. The highest BCUT2D eigenvalue weighted by atomic mass is 32.2. The molecule has 7 nitrogen and oxygen atoms in total. The molecule has 0 bridgehead atoms. The first-order valence-electron chi connectivity index (χ1n) is 8.84. The van der Waals surface area contributed by atoms with E-state index in [0.717, 1.165) is 4.90 Å². The maximum absolute atomic E-state index is 12.4. The maximum atomic E-state index is 12.4. The highest BCUT2D eigenvalue weighted by molar-refractivity contribution is 8.00. The van der Waals surface area contributed by atoms with Crippen LogP contribution < -0.4 is 15.3 Å². The van der Waals surface area contributed by atoms with Crippen molar-refractivity contribution in [3.8, 4) is 5.75 Å². The lowest BCUT2D eigenvalue weighted by Gasteiger charge is -2.27. The van der Waals surface area contributed by atoms with Crippen LogP contribution in [0.2, 0.25) is 0 Å². The minimum absolute atomic E-state index is 0.105. The fourth-order valence-electron chi connectivity index (χ4n) is 3.12. The van der Waals surface area contributed by atoms with E-state index in [0.29, 0.717) is 28.0 Å². The van der Waals surface area contributed by atoms with Crippen molar-refractivity contribution in [1.29, 1.82) is 0 Å². The number of fused-ring (bicyclic) bond motifs is 2. The SMILES string of the molecule is COc1ccc2c(COC(=O)CN3C(=O)CSc4ccccc43)cc(=O)oc2c1. The molecule has 0 fully saturated rings. The molecular formula is C21H17NO6S. The molecule has 0 atom stereocenters. The van der Waals surface area contributed by atoms with Gasteiger partial charge in [0.15, 0.2) is 0 Å². The first-order valence-corrected chi connectivity index (χ1v) is 9.82. The molecule has 8 heteroatoms. The number of carbonyl (C=O) groups is 2. The molecule has 148 valence electrons. The van der Waals surface area contributed by atoms with Gasteiger partial charge in [-0.15, -0.1) is 11.8 Å². The number of para-hydroxylation sites is 1. The summed E-state index contributed by atoms with van der Waals surface area (Å²) in [5.41, 5.74) is 1.02. The lowest BCUT2D eigenvalue weighted by atomic mass is 10.1. The lowest BCUT2D eigenvalue weighted by molar-refractivity contribution is -0.144. The van der Waals surface area contributed by atoms with Gasteiger partial charge in [-0.3, -0.25) is 14.5 Å². The first-order chi connectivity index (χ1) is 14.0. The van der Waals surface area contributed by atoms with Crippen molar-refractivity contribution in [2.75, 3.05) is 24.3 Å². The van der Waals surface area contributed by atoms with E-state index in [1.165, 1.54) is 29.8 Å². The number of benzene rings is 2. The first kappa shape index (κ1) is 19.1. The molecule has 1 aromatic heterocycles. The topological polar surface area (TPSA) is 86.0 Å². The fourth-order valence-corrected chi connectivity index (χ4v) is 4.05. The van der Waals surface area contributed by atoms with Crippen LogP contribution in [-0.2, 0) is 20.9 Å². The van der Waals surface area contributed by atoms with Gasteiger partial charge in [0.25, 0.3) is 0 Å². The Labute approximate surface area is 170 Å². The third kappa shape index (κ3) is 3.97. The molecular weight excluding hydrogens is 394 g/mol. The van der Waals surface area contributed by atoms with Crippen molar-refractivity contribution >= 4 is 40.3 Å². The van der Waals surface area contributed by atoms with Gasteiger partial charge in [0, 0.05) is 28.0 Å². The zero-order valence-corrected chi connectivity index (χ0v) is 16.4. The summed E-state index contributed by atoms with van der Waals surface area (Å²) < 4.78 is 15.7. The highest BCUT2D eigenvalue weighted by Crippen LogP contribution is 2.34. The Kier molecular flexibility index (Phi) is 5.26. The van der Waals surface area contributed by atoms with Crippen LogP contribution in [0, 0.1) is 0 Å². The standard InChI is InChI=1S/C21H17NO6S/c1-26-14-6-7-15-13(8-20(24)28-17(15)9-14)11-27-21(25)10-22-16-4-2-3-5-18(16)29-12-19(22)23/h2-9H,10-12H2,1H3. The minimum Gasteiger partial charge on any atom is -0.497 e. The van der Waals surface area contributed by atoms with Crippen LogP contribution in [0.25, 0.3) is 11.0 Å². The summed E-state index contributed by atoms with van der Waals surface area (Å²) in [6, 6.07) is 13.8. The summed E-state index contributed by atoms with van der Waals surface area (Å²) in [6.07, 6.45) is 0. The van der Waals surface area contributed by atoms with Crippen molar-refractivity contribution in [3.63, 3.8) is 0 Å². The van der Waals surface area contributed by atoms with Gasteiger partial charge in [-0.1, -0.05) is 12.1 Å². The largest absolute Gasteiger partial charge is 0.497 e. The van der Waals surface area contributed by atoms with Crippen molar-refractivity contribution in [3.05, 3.63) is 64.5 Å². The fraction of sp³-hybridized carbons (Fsp3) is 0.190. The predicted octanol–water partition coefficient (Wildman–Crippen LogP) is 2.98. The molecule has 0 spiro atoms. The maximum Gasteiger partial charge on any atom is 0.336 e. The Bertz CT molecular complexity index is 1160. The molecule has 1 aliphatic rings. The van der Waals surface area contributed by atoms with Crippen LogP contribution in [0.4, 0.5) is 5.69 Å². The lowest BCUT2D eigenvalue weighted by Crippen LogP contribution is -2.39. The molecule has 1 aliphatic heterocycles. The monoisotopic (exact) mass is 411 g/mol. The van der Waals surface area contributed by atoms with Crippen molar-refractivity contribution in [2.24, 2.45) is 0 Å². The van der Waals surface area contributed by atoms with E-state index in [9.17, 15) is 14.4 Å². The summed E-state index contributed by atoms with van der Waals surface area (Å²) in [5.74, 6) is 0.115. The van der Waals surface area contributed by atoms with Gasteiger partial charge >= 0.3 is 11.6 Å². The number of carbonyl (C=O) groups excluding carboxylic acids is 2. The van der Waals surface area contributed by atoms with Crippen molar-refractivity contribution in [2.45, 2.75) is 11.5 Å². The number of ether oxygens (including phenoxy) is 2. The van der Waals surface area contributed by atoms with E-state index in [4.69, 9.17) is 13.9 Å². The quantitative estimate of drug-likeness (QED) is 0.471. The summed E-state index contributed by atoms with van der Waals surface area (Å²) in [6.45, 7) is -0.296. The number of hydrogen-bond acceptors (Lipinski definition) is 7. The molecule has 1 amide bonds. The Morgan fingerprint density at radius 3 is 2.83 bits per heavy atom. The molecule has 4 rings (SSSR count). The number of thioether (sulfide) groups is 1. The van der Waals surface area contributed by atoms with Crippen molar-refractivity contribution < 1.29 is 23.5 Å². The van der Waals surface area contributed by atoms with Crippen LogP contribution in [0.15, 0.2) is 62.6 Å². The Hall–Kier alpha value is -3.26. The minimum atomic E-state index is -0.560. The average molecular weight is 411 g/mol. The Balaban J connectivity index is 1.51. The number of anilines is 1. The smallest absolute Gasteiger partial charge is 0.336 e. The summed E-state index contributed by atoms with van der Waals surface area (Å²) >= 11 is 1.45. The van der Waals surface area contributed by atoms with Gasteiger partial charge in [0.05, 0.1) is 18.6 Å². The molecule has 2 aromatic carbocycles. The van der Waals surface area contributed by atoms with Crippen LogP contribution in [0.1, 0.15) is 5.56 Å². The number of nitrogens with zero attached hydrogens (tertiary/aromatic N) is 1. The van der Waals surface area contributed by atoms with Crippen LogP contribution in [-0.4, -0.2) is 31.3 Å². The van der Waals surface area contributed by atoms with Gasteiger partial charge in [-0.2, -0.15) is 0 Å². The molecule has 2 heterocycles. The van der Waals surface area contributed by atoms with Gasteiger partial charge in [0.1, 0.15) is 24.5 Å². The number of amides is 1.